The summed E-state index contributed by atoms with van der Waals surface area (Å²) in [6.45, 7) is 4.46. The molecule has 2 atom stereocenters. The molecular weight excluding hydrogens is 863 g/mol. The quantitative estimate of drug-likeness (QED) is 0.0195. The highest BCUT2D eigenvalue weighted by Gasteiger charge is 2.21. The van der Waals surface area contributed by atoms with Gasteiger partial charge < -0.3 is 33.3 Å². The number of carboxylic acid groups (broad SMARTS) is 1. The molecule has 0 spiro atoms. The average Bonchev–Trinajstić information content (AvgIpc) is 3.31. The largest absolute Gasteiger partial charge is 0.545 e. The van der Waals surface area contributed by atoms with Gasteiger partial charge in [0.15, 0.2) is 12.4 Å². The lowest BCUT2D eigenvalue weighted by Crippen LogP contribution is -2.44. The smallest absolute Gasteiger partial charge is 0.306 e. The minimum atomic E-state index is -1.64. The van der Waals surface area contributed by atoms with Crippen LogP contribution in [0.4, 0.5) is 0 Å². The Bertz CT molecular complexity index is 1540. The molecule has 0 radical (unpaired) electrons. The van der Waals surface area contributed by atoms with Crippen molar-refractivity contribution in [2.75, 3.05) is 47.5 Å². The number of carboxylic acids is 1. The van der Waals surface area contributed by atoms with E-state index in [4.69, 9.17) is 18.9 Å². The topological polar surface area (TPSA) is 111 Å². The Morgan fingerprint density at radius 3 is 1.16 bits per heavy atom. The lowest BCUT2D eigenvalue weighted by Gasteiger charge is -2.26. The molecule has 0 aromatic carbocycles. The van der Waals surface area contributed by atoms with Crippen molar-refractivity contribution in [2.45, 2.75) is 193 Å². The van der Waals surface area contributed by atoms with E-state index in [2.05, 4.69) is 135 Å². The number of aliphatic carboxylic acids is 1. The van der Waals surface area contributed by atoms with E-state index in [0.29, 0.717) is 23.9 Å². The third-order valence-corrected chi connectivity index (χ3v) is 10.7. The van der Waals surface area contributed by atoms with Crippen LogP contribution in [0.2, 0.25) is 0 Å². The molecule has 69 heavy (non-hydrogen) atoms. The average molecular weight is 960 g/mol. The zero-order valence-corrected chi connectivity index (χ0v) is 44.1. The van der Waals surface area contributed by atoms with Crippen LogP contribution in [0, 0.1) is 0 Å². The number of quaternary nitrogens is 1. The maximum Gasteiger partial charge on any atom is 0.306 e. The van der Waals surface area contributed by atoms with E-state index < -0.39 is 24.3 Å². The molecule has 0 bridgehead atoms. The first kappa shape index (κ1) is 64.7. The Kier molecular flexibility index (Phi) is 47.0. The molecule has 390 valence electrons. The predicted molar refractivity (Wildman–Crippen MR) is 287 cm³/mol. The number of nitrogens with zero attached hydrogens (tertiary/aromatic N) is 1. The maximum atomic E-state index is 12.8. The number of ether oxygens (including phenoxy) is 4. The van der Waals surface area contributed by atoms with Gasteiger partial charge in [0.05, 0.1) is 40.3 Å². The van der Waals surface area contributed by atoms with E-state index in [-0.39, 0.29) is 38.6 Å². The second-order valence-corrected chi connectivity index (χ2v) is 18.4. The van der Waals surface area contributed by atoms with E-state index in [1.807, 2.05) is 21.1 Å². The molecule has 0 aliphatic rings. The van der Waals surface area contributed by atoms with Gasteiger partial charge in [0, 0.05) is 12.8 Å². The molecule has 0 heterocycles. The Balaban J connectivity index is 4.35. The highest BCUT2D eigenvalue weighted by molar-refractivity contribution is 5.70. The molecule has 0 N–H and O–H groups in total. The summed E-state index contributed by atoms with van der Waals surface area (Å²) in [4.78, 5) is 37.2. The molecule has 0 rings (SSSR count). The zero-order valence-electron chi connectivity index (χ0n) is 44.1. The van der Waals surface area contributed by atoms with Crippen molar-refractivity contribution >= 4 is 17.9 Å². The molecule has 0 aliphatic heterocycles. The third-order valence-electron chi connectivity index (χ3n) is 10.7. The summed E-state index contributed by atoms with van der Waals surface area (Å²) in [5, 5.41) is 11.7. The Labute approximate surface area is 421 Å². The summed E-state index contributed by atoms with van der Waals surface area (Å²) in [7, 11) is 5.89. The van der Waals surface area contributed by atoms with Crippen LogP contribution in [0.3, 0.4) is 0 Å². The summed E-state index contributed by atoms with van der Waals surface area (Å²) in [5.74, 6) is -2.34. The van der Waals surface area contributed by atoms with Crippen LogP contribution in [-0.4, -0.2) is 82.3 Å². The Hall–Kier alpha value is -4.31. The first-order valence-corrected chi connectivity index (χ1v) is 26.7. The number of carbonyl (C=O) groups is 3. The summed E-state index contributed by atoms with van der Waals surface area (Å²) in [6, 6.07) is 0. The van der Waals surface area contributed by atoms with E-state index >= 15 is 0 Å². The standard InChI is InChI=1S/C60H97NO8/c1-6-8-10-12-14-16-18-20-22-23-24-25-26-27-28-29-30-31-32-33-34-35-37-39-41-43-45-47-49-51-58(63)69-56(55-68-60(59(64)65)66-53-52-61(3,4)5)54-67-57(62)50-48-46-44-42-40-38-36-21-19-17-15-13-11-9-7-2/h8-11,14-17,20-22,24-25,27-28,30-31,33-34,36,56,60H,6-7,12-13,18-19,23,26,29,32,35,37-55H2,1-5H3/b10-8-,11-9-,16-14-,17-15-,22-20-,25-24-,28-27-,31-30-,34-33-,36-21-. The molecule has 0 amide bonds. The fraction of sp³-hybridized carbons (Fsp3) is 0.617. The second kappa shape index (κ2) is 50.1. The van der Waals surface area contributed by atoms with Crippen molar-refractivity contribution in [3.05, 3.63) is 122 Å². The summed E-state index contributed by atoms with van der Waals surface area (Å²) in [6.07, 6.45) is 66.6. The van der Waals surface area contributed by atoms with Crippen LogP contribution in [-0.2, 0) is 33.3 Å². The van der Waals surface area contributed by atoms with Crippen molar-refractivity contribution in [3.63, 3.8) is 0 Å². The van der Waals surface area contributed by atoms with Crippen molar-refractivity contribution < 1.29 is 42.9 Å². The summed E-state index contributed by atoms with van der Waals surface area (Å²) in [5.41, 5.74) is 0. The van der Waals surface area contributed by atoms with Gasteiger partial charge in [-0.3, -0.25) is 9.59 Å². The van der Waals surface area contributed by atoms with Gasteiger partial charge in [-0.15, -0.1) is 0 Å². The molecule has 9 nitrogen and oxygen atoms in total. The van der Waals surface area contributed by atoms with Gasteiger partial charge in [-0.05, 0) is 103 Å². The van der Waals surface area contributed by atoms with E-state index in [1.54, 1.807) is 0 Å². The van der Waals surface area contributed by atoms with Crippen LogP contribution >= 0.6 is 0 Å². The fourth-order valence-corrected chi connectivity index (χ4v) is 6.65. The van der Waals surface area contributed by atoms with Crippen LogP contribution < -0.4 is 5.11 Å². The molecule has 9 heteroatoms. The predicted octanol–water partition coefficient (Wildman–Crippen LogP) is 14.0. The van der Waals surface area contributed by atoms with Crippen molar-refractivity contribution in [2.24, 2.45) is 0 Å². The molecule has 2 unspecified atom stereocenters. The lowest BCUT2D eigenvalue weighted by molar-refractivity contribution is -0.870. The lowest BCUT2D eigenvalue weighted by atomic mass is 10.1. The SMILES string of the molecule is CC/C=C\C/C=C\C/C=C\C/C=C\C/C=C\C/C=C\C/C=C\CCCCCCCCCC(=O)OC(COC(=O)CCCCCCC/C=C\C/C=C\C/C=C\CC)COC(OCC[N+](C)(C)C)C(=O)[O-]. The highest BCUT2D eigenvalue weighted by atomic mass is 16.7. The first-order chi connectivity index (χ1) is 33.6. The van der Waals surface area contributed by atoms with Gasteiger partial charge in [0.2, 0.25) is 0 Å². The molecular formula is C60H97NO8. The van der Waals surface area contributed by atoms with E-state index in [0.717, 1.165) is 122 Å². The van der Waals surface area contributed by atoms with Gasteiger partial charge >= 0.3 is 11.9 Å². The number of rotatable bonds is 47. The number of likely N-dealkylation sites (N-methyl/N-ethyl adjacent to an activating group) is 1. The zero-order chi connectivity index (χ0) is 50.6. The number of esters is 2. The van der Waals surface area contributed by atoms with Crippen LogP contribution in [0.15, 0.2) is 122 Å². The normalized spacial score (nSPS) is 13.8. The Morgan fingerprint density at radius 1 is 0.435 bits per heavy atom. The third kappa shape index (κ3) is 51.4. The number of carbonyl (C=O) groups excluding carboxylic acids is 3. The van der Waals surface area contributed by atoms with Crippen molar-refractivity contribution in [1.82, 2.24) is 0 Å². The van der Waals surface area contributed by atoms with Gasteiger partial charge in [0.1, 0.15) is 13.2 Å². The monoisotopic (exact) mass is 960 g/mol. The van der Waals surface area contributed by atoms with Gasteiger partial charge in [0.25, 0.3) is 0 Å². The first-order valence-electron chi connectivity index (χ1n) is 26.7. The number of hydrogen-bond donors (Lipinski definition) is 0. The van der Waals surface area contributed by atoms with Crippen LogP contribution in [0.25, 0.3) is 0 Å². The molecule has 0 aromatic heterocycles. The van der Waals surface area contributed by atoms with Crippen molar-refractivity contribution in [3.8, 4) is 0 Å². The van der Waals surface area contributed by atoms with E-state index in [1.165, 1.54) is 19.3 Å². The van der Waals surface area contributed by atoms with Crippen LogP contribution in [0.5, 0.6) is 0 Å². The van der Waals surface area contributed by atoms with E-state index in [9.17, 15) is 19.5 Å². The number of hydrogen-bond acceptors (Lipinski definition) is 8. The fourth-order valence-electron chi connectivity index (χ4n) is 6.65. The summed E-state index contributed by atoms with van der Waals surface area (Å²) >= 11 is 0. The maximum absolute atomic E-state index is 12.8. The second-order valence-electron chi connectivity index (χ2n) is 18.4. The number of unbranched alkanes of at least 4 members (excludes halogenated alkanes) is 12. The van der Waals surface area contributed by atoms with Gasteiger partial charge in [-0.1, -0.05) is 187 Å². The number of allylic oxidation sites excluding steroid dienone is 20. The minimum absolute atomic E-state index is 0.135. The Morgan fingerprint density at radius 2 is 0.783 bits per heavy atom. The highest BCUT2D eigenvalue weighted by Crippen LogP contribution is 2.13. The summed E-state index contributed by atoms with van der Waals surface area (Å²) < 4.78 is 22.6. The van der Waals surface area contributed by atoms with Gasteiger partial charge in [-0.25, -0.2) is 0 Å². The van der Waals surface area contributed by atoms with Gasteiger partial charge in [-0.2, -0.15) is 0 Å². The van der Waals surface area contributed by atoms with Crippen molar-refractivity contribution in [1.29, 1.82) is 0 Å². The molecule has 0 aliphatic carbocycles. The molecule has 0 saturated heterocycles. The molecule has 0 aromatic rings. The van der Waals surface area contributed by atoms with Crippen LogP contribution in [0.1, 0.15) is 181 Å². The molecule has 0 fully saturated rings. The molecule has 0 saturated carbocycles. The minimum Gasteiger partial charge on any atom is -0.545 e.